The lowest BCUT2D eigenvalue weighted by Crippen LogP contribution is -2.18. The van der Waals surface area contributed by atoms with Gasteiger partial charge in [-0.25, -0.2) is 0 Å². The Balaban J connectivity index is 3.24. The average molecular weight is 188 g/mol. The molecule has 0 amide bonds. The molecule has 0 saturated heterocycles. The van der Waals surface area contributed by atoms with Gasteiger partial charge in [-0.15, -0.1) is 0 Å². The lowest BCUT2D eigenvalue weighted by atomic mass is 10.1. The Morgan fingerprint density at radius 2 is 1.77 bits per heavy atom. The summed E-state index contributed by atoms with van der Waals surface area (Å²) in [4.78, 5) is 0. The van der Waals surface area contributed by atoms with Crippen LogP contribution < -0.4 is 0 Å². The fraction of sp³-hybridized carbons (Fsp3) is 1.00. The minimum Gasteiger partial charge on any atom is -0.356 e. The van der Waals surface area contributed by atoms with Crippen molar-refractivity contribution in [1.82, 2.24) is 0 Å². The highest BCUT2D eigenvalue weighted by atomic mass is 16.7. The van der Waals surface area contributed by atoms with Crippen LogP contribution in [0.5, 0.6) is 0 Å². The van der Waals surface area contributed by atoms with E-state index in [0.717, 1.165) is 6.42 Å². The Morgan fingerprint density at radius 3 is 2.31 bits per heavy atom. The molecular formula is C11H24O2. The van der Waals surface area contributed by atoms with E-state index in [4.69, 9.17) is 9.47 Å². The van der Waals surface area contributed by atoms with Gasteiger partial charge in [0.2, 0.25) is 0 Å². The molecule has 0 aromatic rings. The average Bonchev–Trinajstić information content (AvgIpc) is 2.12. The summed E-state index contributed by atoms with van der Waals surface area (Å²) in [5, 5.41) is 0. The Morgan fingerprint density at radius 1 is 1.08 bits per heavy atom. The van der Waals surface area contributed by atoms with E-state index in [1.807, 2.05) is 6.92 Å². The van der Waals surface area contributed by atoms with Crippen molar-refractivity contribution in [2.24, 2.45) is 0 Å². The van der Waals surface area contributed by atoms with Crippen molar-refractivity contribution in [1.29, 1.82) is 0 Å². The van der Waals surface area contributed by atoms with E-state index < -0.39 is 0 Å². The molecule has 0 aliphatic rings. The zero-order chi connectivity index (χ0) is 10.1. The second kappa shape index (κ2) is 8.52. The van der Waals surface area contributed by atoms with Crippen LogP contribution in [0.4, 0.5) is 0 Å². The van der Waals surface area contributed by atoms with Crippen LogP contribution in [0, 0.1) is 0 Å². The number of rotatable bonds is 8. The fourth-order valence-corrected chi connectivity index (χ4v) is 1.31. The molecule has 0 saturated carbocycles. The van der Waals surface area contributed by atoms with Crippen LogP contribution in [0.25, 0.3) is 0 Å². The summed E-state index contributed by atoms with van der Waals surface area (Å²) in [5.74, 6) is 0. The van der Waals surface area contributed by atoms with E-state index in [1.54, 1.807) is 7.11 Å². The Bertz CT molecular complexity index is 104. The minimum absolute atomic E-state index is 0.0684. The van der Waals surface area contributed by atoms with Crippen molar-refractivity contribution in [3.8, 4) is 0 Å². The van der Waals surface area contributed by atoms with Gasteiger partial charge < -0.3 is 9.47 Å². The van der Waals surface area contributed by atoms with Crippen LogP contribution >= 0.6 is 0 Å². The zero-order valence-corrected chi connectivity index (χ0v) is 9.51. The zero-order valence-electron chi connectivity index (χ0n) is 9.51. The van der Waals surface area contributed by atoms with Gasteiger partial charge in [-0.05, 0) is 20.3 Å². The Labute approximate surface area is 82.6 Å². The largest absolute Gasteiger partial charge is 0.356 e. The lowest BCUT2D eigenvalue weighted by molar-refractivity contribution is -0.140. The monoisotopic (exact) mass is 188 g/mol. The predicted octanol–water partition coefficient (Wildman–Crippen LogP) is 3.35. The van der Waals surface area contributed by atoms with Crippen LogP contribution in [0.2, 0.25) is 0 Å². The minimum atomic E-state index is -0.0684. The summed E-state index contributed by atoms with van der Waals surface area (Å²) < 4.78 is 10.6. The quantitative estimate of drug-likeness (QED) is 0.429. The first kappa shape index (κ1) is 12.9. The predicted molar refractivity (Wildman–Crippen MR) is 55.8 cm³/mol. The molecule has 0 bridgehead atoms. The summed E-state index contributed by atoms with van der Waals surface area (Å²) >= 11 is 0. The molecule has 2 nitrogen and oxygen atoms in total. The molecule has 0 aromatic carbocycles. The highest BCUT2D eigenvalue weighted by molar-refractivity contribution is 4.51. The van der Waals surface area contributed by atoms with Crippen molar-refractivity contribution in [2.45, 2.75) is 65.3 Å². The molecule has 0 aliphatic heterocycles. The molecule has 0 rings (SSSR count). The first-order valence-corrected chi connectivity index (χ1v) is 5.39. The Kier molecular flexibility index (Phi) is 8.46. The van der Waals surface area contributed by atoms with Gasteiger partial charge in [0, 0.05) is 7.11 Å². The number of ether oxygens (including phenoxy) is 2. The maximum Gasteiger partial charge on any atom is 0.154 e. The Hall–Kier alpha value is -0.0800. The van der Waals surface area contributed by atoms with Crippen molar-refractivity contribution < 1.29 is 9.47 Å². The van der Waals surface area contributed by atoms with Gasteiger partial charge in [-0.2, -0.15) is 0 Å². The third-order valence-electron chi connectivity index (χ3n) is 2.22. The van der Waals surface area contributed by atoms with E-state index in [0.29, 0.717) is 6.10 Å². The summed E-state index contributed by atoms with van der Waals surface area (Å²) in [7, 11) is 1.68. The molecule has 0 radical (unpaired) electrons. The number of hydrogen-bond acceptors (Lipinski definition) is 2. The second-order valence-electron chi connectivity index (χ2n) is 3.60. The van der Waals surface area contributed by atoms with E-state index in [-0.39, 0.29) is 6.29 Å². The lowest BCUT2D eigenvalue weighted by Gasteiger charge is -2.17. The first-order chi connectivity index (χ1) is 6.20. The number of unbranched alkanes of at least 4 members (excludes halogenated alkanes) is 3. The van der Waals surface area contributed by atoms with Crippen LogP contribution in [0.3, 0.4) is 0 Å². The molecule has 2 unspecified atom stereocenters. The number of methoxy groups -OCH3 is 1. The van der Waals surface area contributed by atoms with Gasteiger partial charge in [0.1, 0.15) is 0 Å². The molecular weight excluding hydrogens is 164 g/mol. The summed E-state index contributed by atoms with van der Waals surface area (Å²) in [5.41, 5.74) is 0. The standard InChI is InChI=1S/C11H24O2/c1-5-6-7-8-9-10(2)13-11(3)12-4/h10-11H,5-9H2,1-4H3. The smallest absolute Gasteiger partial charge is 0.154 e. The number of hydrogen-bond donors (Lipinski definition) is 0. The molecule has 2 atom stereocenters. The molecule has 80 valence electrons. The summed E-state index contributed by atoms with van der Waals surface area (Å²) in [6.45, 7) is 6.27. The van der Waals surface area contributed by atoms with Crippen LogP contribution in [-0.4, -0.2) is 19.5 Å². The van der Waals surface area contributed by atoms with Gasteiger partial charge in [-0.1, -0.05) is 32.6 Å². The van der Waals surface area contributed by atoms with Gasteiger partial charge in [0.25, 0.3) is 0 Å². The van der Waals surface area contributed by atoms with E-state index >= 15 is 0 Å². The van der Waals surface area contributed by atoms with E-state index in [2.05, 4.69) is 13.8 Å². The molecule has 0 aromatic heterocycles. The highest BCUT2D eigenvalue weighted by Crippen LogP contribution is 2.09. The van der Waals surface area contributed by atoms with Gasteiger partial charge >= 0.3 is 0 Å². The van der Waals surface area contributed by atoms with Crippen LogP contribution in [-0.2, 0) is 9.47 Å². The van der Waals surface area contributed by atoms with Gasteiger partial charge in [-0.3, -0.25) is 0 Å². The molecule has 0 fully saturated rings. The summed E-state index contributed by atoms with van der Waals surface area (Å²) in [6, 6.07) is 0. The third kappa shape index (κ3) is 8.26. The molecule has 0 spiro atoms. The second-order valence-corrected chi connectivity index (χ2v) is 3.60. The normalized spacial score (nSPS) is 15.7. The van der Waals surface area contributed by atoms with Crippen molar-refractivity contribution in [2.75, 3.05) is 7.11 Å². The van der Waals surface area contributed by atoms with E-state index in [9.17, 15) is 0 Å². The molecule has 0 heterocycles. The molecule has 13 heavy (non-hydrogen) atoms. The maximum atomic E-state index is 5.56. The third-order valence-corrected chi connectivity index (χ3v) is 2.22. The first-order valence-electron chi connectivity index (χ1n) is 5.39. The van der Waals surface area contributed by atoms with Gasteiger partial charge in [0.05, 0.1) is 6.10 Å². The van der Waals surface area contributed by atoms with Crippen LogP contribution in [0.1, 0.15) is 52.9 Å². The van der Waals surface area contributed by atoms with Crippen LogP contribution in [0.15, 0.2) is 0 Å². The fourth-order valence-electron chi connectivity index (χ4n) is 1.31. The van der Waals surface area contributed by atoms with E-state index in [1.165, 1.54) is 25.7 Å². The molecule has 2 heteroatoms. The molecule has 0 aliphatic carbocycles. The van der Waals surface area contributed by atoms with Crippen molar-refractivity contribution in [3.05, 3.63) is 0 Å². The van der Waals surface area contributed by atoms with Crippen molar-refractivity contribution in [3.63, 3.8) is 0 Å². The summed E-state index contributed by atoms with van der Waals surface area (Å²) in [6.07, 6.45) is 6.63. The molecule has 0 N–H and O–H groups in total. The van der Waals surface area contributed by atoms with Gasteiger partial charge in [0.15, 0.2) is 6.29 Å². The van der Waals surface area contributed by atoms with Crippen molar-refractivity contribution >= 4 is 0 Å². The topological polar surface area (TPSA) is 18.5 Å². The SMILES string of the molecule is CCCCCCC(C)OC(C)OC. The maximum absolute atomic E-state index is 5.56. The highest BCUT2D eigenvalue weighted by Gasteiger charge is 2.06.